The minimum absolute atomic E-state index is 0.139. The van der Waals surface area contributed by atoms with E-state index in [2.05, 4.69) is 37.4 Å². The van der Waals surface area contributed by atoms with Crippen molar-refractivity contribution in [2.75, 3.05) is 5.32 Å². The van der Waals surface area contributed by atoms with E-state index in [1.165, 1.54) is 16.8 Å². The summed E-state index contributed by atoms with van der Waals surface area (Å²) in [7, 11) is 0. The van der Waals surface area contributed by atoms with E-state index in [1.807, 2.05) is 25.7 Å². The standard InChI is InChI=1S/C20H30N2O2/c1-13-7-6-8-18(14(13)2)21-15-11-16-9-10-17(12-15)22(16)19(23)24-20(3,4)5/h6-8,15-17,21H,9-12H2,1-5H3. The molecule has 0 aromatic heterocycles. The van der Waals surface area contributed by atoms with Crippen LogP contribution in [0.25, 0.3) is 0 Å². The van der Waals surface area contributed by atoms with Crippen molar-refractivity contribution >= 4 is 11.8 Å². The van der Waals surface area contributed by atoms with Crippen LogP contribution in [0.2, 0.25) is 0 Å². The van der Waals surface area contributed by atoms with Crippen LogP contribution in [0.15, 0.2) is 18.2 Å². The van der Waals surface area contributed by atoms with Gasteiger partial charge < -0.3 is 15.0 Å². The number of fused-ring (bicyclic) bond motifs is 2. The van der Waals surface area contributed by atoms with Crippen molar-refractivity contribution in [2.24, 2.45) is 0 Å². The van der Waals surface area contributed by atoms with Gasteiger partial charge in [-0.1, -0.05) is 12.1 Å². The summed E-state index contributed by atoms with van der Waals surface area (Å²) in [6, 6.07) is 7.46. The van der Waals surface area contributed by atoms with Gasteiger partial charge in [0.05, 0.1) is 0 Å². The predicted octanol–water partition coefficient (Wildman–Crippen LogP) is 4.65. The molecule has 1 N–H and O–H groups in total. The molecular formula is C20H30N2O2. The van der Waals surface area contributed by atoms with Gasteiger partial charge in [0.1, 0.15) is 5.60 Å². The molecule has 0 saturated carbocycles. The molecule has 3 rings (SSSR count). The number of carbonyl (C=O) groups excluding carboxylic acids is 1. The van der Waals surface area contributed by atoms with Crippen LogP contribution in [0.3, 0.4) is 0 Å². The number of ether oxygens (including phenoxy) is 1. The first kappa shape index (κ1) is 17.1. The monoisotopic (exact) mass is 330 g/mol. The Labute approximate surface area is 145 Å². The number of hydrogen-bond donors (Lipinski definition) is 1. The number of amides is 1. The molecule has 0 aliphatic carbocycles. The van der Waals surface area contributed by atoms with Gasteiger partial charge in [-0.25, -0.2) is 4.79 Å². The van der Waals surface area contributed by atoms with Gasteiger partial charge in [-0.3, -0.25) is 0 Å². The van der Waals surface area contributed by atoms with Gasteiger partial charge in [0.15, 0.2) is 0 Å². The highest BCUT2D eigenvalue weighted by Gasteiger charge is 2.44. The molecule has 2 aliphatic heterocycles. The van der Waals surface area contributed by atoms with Crippen molar-refractivity contribution in [3.63, 3.8) is 0 Å². The predicted molar refractivity (Wildman–Crippen MR) is 97.4 cm³/mol. The number of nitrogens with zero attached hydrogens (tertiary/aromatic N) is 1. The van der Waals surface area contributed by atoms with Gasteiger partial charge >= 0.3 is 6.09 Å². The van der Waals surface area contributed by atoms with Crippen LogP contribution in [0.5, 0.6) is 0 Å². The zero-order valence-corrected chi connectivity index (χ0v) is 15.6. The first-order chi connectivity index (χ1) is 11.2. The molecule has 24 heavy (non-hydrogen) atoms. The fourth-order valence-corrected chi connectivity index (χ4v) is 4.03. The maximum Gasteiger partial charge on any atom is 0.410 e. The molecular weight excluding hydrogens is 300 g/mol. The number of piperidine rings is 1. The zero-order chi connectivity index (χ0) is 17.5. The molecule has 2 bridgehead atoms. The van der Waals surface area contributed by atoms with Gasteiger partial charge in [-0.2, -0.15) is 0 Å². The molecule has 4 heteroatoms. The molecule has 0 radical (unpaired) electrons. The summed E-state index contributed by atoms with van der Waals surface area (Å²) < 4.78 is 5.61. The van der Waals surface area contributed by atoms with Crippen LogP contribution in [-0.2, 0) is 4.74 Å². The Bertz CT molecular complexity index is 607. The Morgan fingerprint density at radius 3 is 2.38 bits per heavy atom. The van der Waals surface area contributed by atoms with E-state index in [1.54, 1.807) is 0 Å². The number of nitrogens with one attached hydrogen (secondary N) is 1. The summed E-state index contributed by atoms with van der Waals surface area (Å²) in [6.45, 7) is 10.1. The van der Waals surface area contributed by atoms with Gasteiger partial charge in [0, 0.05) is 23.8 Å². The average molecular weight is 330 g/mol. The number of benzene rings is 1. The Balaban J connectivity index is 1.67. The van der Waals surface area contributed by atoms with Gasteiger partial charge in [-0.15, -0.1) is 0 Å². The summed E-state index contributed by atoms with van der Waals surface area (Å²) in [4.78, 5) is 14.5. The van der Waals surface area contributed by atoms with Crippen LogP contribution < -0.4 is 5.32 Å². The number of carbonyl (C=O) groups is 1. The van der Waals surface area contributed by atoms with Crippen molar-refractivity contribution in [3.8, 4) is 0 Å². The Morgan fingerprint density at radius 1 is 1.17 bits per heavy atom. The van der Waals surface area contributed by atoms with E-state index >= 15 is 0 Å². The van der Waals surface area contributed by atoms with Crippen molar-refractivity contribution in [2.45, 2.75) is 84.0 Å². The van der Waals surface area contributed by atoms with Crippen LogP contribution in [-0.4, -0.2) is 34.7 Å². The van der Waals surface area contributed by atoms with E-state index < -0.39 is 5.60 Å². The fraction of sp³-hybridized carbons (Fsp3) is 0.650. The maximum absolute atomic E-state index is 12.5. The normalized spacial score (nSPS) is 26.4. The number of hydrogen-bond acceptors (Lipinski definition) is 3. The lowest BCUT2D eigenvalue weighted by atomic mass is 9.96. The van der Waals surface area contributed by atoms with Crippen LogP contribution >= 0.6 is 0 Å². The van der Waals surface area contributed by atoms with Crippen molar-refractivity contribution in [1.82, 2.24) is 4.90 Å². The molecule has 2 atom stereocenters. The molecule has 1 aromatic carbocycles. The Morgan fingerprint density at radius 2 is 1.79 bits per heavy atom. The minimum Gasteiger partial charge on any atom is -0.444 e. The minimum atomic E-state index is -0.426. The third-order valence-corrected chi connectivity index (χ3v) is 5.30. The van der Waals surface area contributed by atoms with Crippen LogP contribution in [0.4, 0.5) is 10.5 Å². The molecule has 1 amide bonds. The molecule has 1 aromatic rings. The third kappa shape index (κ3) is 3.52. The van der Waals surface area contributed by atoms with E-state index in [-0.39, 0.29) is 6.09 Å². The summed E-state index contributed by atoms with van der Waals surface area (Å²) in [6.07, 6.45) is 4.05. The van der Waals surface area contributed by atoms with Crippen molar-refractivity contribution in [3.05, 3.63) is 29.3 Å². The van der Waals surface area contributed by atoms with Crippen LogP contribution in [0, 0.1) is 13.8 Å². The number of rotatable bonds is 2. The quantitative estimate of drug-likeness (QED) is 0.858. The third-order valence-electron chi connectivity index (χ3n) is 5.30. The SMILES string of the molecule is Cc1cccc(NC2CC3CCC(C2)N3C(=O)OC(C)(C)C)c1C. The average Bonchev–Trinajstić information content (AvgIpc) is 2.74. The van der Waals surface area contributed by atoms with Gasteiger partial charge in [0.25, 0.3) is 0 Å². The Kier molecular flexibility index (Phi) is 4.50. The van der Waals surface area contributed by atoms with Crippen LogP contribution in [0.1, 0.15) is 57.6 Å². The summed E-state index contributed by atoms with van der Waals surface area (Å²) in [5.41, 5.74) is 3.43. The topological polar surface area (TPSA) is 41.6 Å². The zero-order valence-electron chi connectivity index (χ0n) is 15.6. The first-order valence-electron chi connectivity index (χ1n) is 9.08. The van der Waals surface area contributed by atoms with Crippen molar-refractivity contribution < 1.29 is 9.53 Å². The lowest BCUT2D eigenvalue weighted by Gasteiger charge is -2.40. The van der Waals surface area contributed by atoms with E-state index in [0.717, 1.165) is 25.7 Å². The largest absolute Gasteiger partial charge is 0.444 e. The highest BCUT2D eigenvalue weighted by molar-refractivity contribution is 5.70. The second-order valence-electron chi connectivity index (χ2n) is 8.33. The summed E-state index contributed by atoms with van der Waals surface area (Å²) in [5, 5.41) is 3.72. The van der Waals surface area contributed by atoms with Gasteiger partial charge in [-0.05, 0) is 77.5 Å². The highest BCUT2D eigenvalue weighted by atomic mass is 16.6. The molecule has 2 unspecified atom stereocenters. The van der Waals surface area contributed by atoms with E-state index in [4.69, 9.17) is 4.74 Å². The summed E-state index contributed by atoms with van der Waals surface area (Å²) >= 11 is 0. The lowest BCUT2D eigenvalue weighted by molar-refractivity contribution is 0.00683. The molecule has 4 nitrogen and oxygen atoms in total. The molecule has 0 spiro atoms. The smallest absolute Gasteiger partial charge is 0.410 e. The number of anilines is 1. The summed E-state index contributed by atoms with van der Waals surface area (Å²) in [5.74, 6) is 0. The first-order valence-corrected chi connectivity index (χ1v) is 9.08. The maximum atomic E-state index is 12.5. The molecule has 132 valence electrons. The molecule has 2 fully saturated rings. The molecule has 2 heterocycles. The Hall–Kier alpha value is -1.71. The highest BCUT2D eigenvalue weighted by Crippen LogP contribution is 2.38. The van der Waals surface area contributed by atoms with E-state index in [9.17, 15) is 4.79 Å². The number of aryl methyl sites for hydroxylation is 1. The lowest BCUT2D eigenvalue weighted by Crippen LogP contribution is -2.51. The van der Waals surface area contributed by atoms with E-state index in [0.29, 0.717) is 18.1 Å². The van der Waals surface area contributed by atoms with Crippen molar-refractivity contribution in [1.29, 1.82) is 0 Å². The second-order valence-corrected chi connectivity index (χ2v) is 8.33. The van der Waals surface area contributed by atoms with Gasteiger partial charge in [0.2, 0.25) is 0 Å². The molecule has 2 aliphatic rings. The second kappa shape index (κ2) is 6.30. The molecule has 2 saturated heterocycles. The fourth-order valence-electron chi connectivity index (χ4n) is 4.03.